The van der Waals surface area contributed by atoms with Gasteiger partial charge in [0.2, 0.25) is 4.80 Å². The van der Waals surface area contributed by atoms with Gasteiger partial charge in [0.1, 0.15) is 5.75 Å². The maximum absolute atomic E-state index is 10.1. The van der Waals surface area contributed by atoms with Gasteiger partial charge in [0.05, 0.1) is 18.0 Å². The van der Waals surface area contributed by atoms with E-state index in [4.69, 9.17) is 5.10 Å². The Morgan fingerprint density at radius 3 is 2.60 bits per heavy atom. The highest BCUT2D eigenvalue weighted by Gasteiger charge is 2.09. The van der Waals surface area contributed by atoms with E-state index < -0.39 is 0 Å². The Labute approximate surface area is 150 Å². The summed E-state index contributed by atoms with van der Waals surface area (Å²) in [5.74, 6) is 0.213. The van der Waals surface area contributed by atoms with E-state index in [0.717, 1.165) is 16.1 Å². The number of hydrogen-bond donors (Lipinski definition) is 1. The lowest BCUT2D eigenvalue weighted by Gasteiger charge is -2.07. The van der Waals surface area contributed by atoms with E-state index in [-0.39, 0.29) is 5.75 Å². The van der Waals surface area contributed by atoms with E-state index in [2.05, 4.69) is 11.6 Å². The van der Waals surface area contributed by atoms with Crippen molar-refractivity contribution in [1.82, 2.24) is 4.68 Å². The maximum Gasteiger partial charge on any atom is 0.206 e. The third-order valence-electron chi connectivity index (χ3n) is 3.65. The molecule has 5 heteroatoms. The summed E-state index contributed by atoms with van der Waals surface area (Å²) in [6, 6.07) is 17.3. The fourth-order valence-corrected chi connectivity index (χ4v) is 3.28. The molecule has 0 saturated heterocycles. The van der Waals surface area contributed by atoms with Crippen LogP contribution in [0.3, 0.4) is 0 Å². The molecular formula is C20H19N3OS. The molecule has 0 atom stereocenters. The maximum atomic E-state index is 10.1. The Morgan fingerprint density at radius 2 is 1.88 bits per heavy atom. The number of aromatic hydroxyl groups is 1. The second-order valence-corrected chi connectivity index (χ2v) is 6.25. The predicted octanol–water partition coefficient (Wildman–Crippen LogP) is 4.28. The topological polar surface area (TPSA) is 49.9 Å². The second kappa shape index (κ2) is 7.77. The zero-order valence-electron chi connectivity index (χ0n) is 14.0. The third-order valence-corrected chi connectivity index (χ3v) is 4.51. The van der Waals surface area contributed by atoms with Gasteiger partial charge in [0.15, 0.2) is 0 Å². The van der Waals surface area contributed by atoms with Gasteiger partial charge in [0, 0.05) is 16.5 Å². The van der Waals surface area contributed by atoms with Crippen molar-refractivity contribution in [3.8, 4) is 17.0 Å². The van der Waals surface area contributed by atoms with Crippen LogP contribution in [0.25, 0.3) is 11.3 Å². The average molecular weight is 349 g/mol. The molecule has 4 nitrogen and oxygen atoms in total. The molecule has 1 heterocycles. The van der Waals surface area contributed by atoms with Gasteiger partial charge in [-0.25, -0.2) is 4.68 Å². The number of thiazole rings is 1. The molecule has 3 rings (SSSR count). The van der Waals surface area contributed by atoms with Crippen LogP contribution in [0, 0.1) is 0 Å². The summed E-state index contributed by atoms with van der Waals surface area (Å²) in [5.41, 5.74) is 3.44. The van der Waals surface area contributed by atoms with Crippen LogP contribution in [0.2, 0.25) is 0 Å². The molecule has 0 aliphatic heterocycles. The highest BCUT2D eigenvalue weighted by atomic mass is 32.1. The van der Waals surface area contributed by atoms with Crippen molar-refractivity contribution < 1.29 is 5.11 Å². The number of phenols is 1. The molecule has 0 bridgehead atoms. The van der Waals surface area contributed by atoms with Crippen molar-refractivity contribution in [2.45, 2.75) is 6.92 Å². The highest BCUT2D eigenvalue weighted by Crippen LogP contribution is 2.21. The summed E-state index contributed by atoms with van der Waals surface area (Å²) in [4.78, 5) is 5.32. The van der Waals surface area contributed by atoms with E-state index in [1.165, 1.54) is 11.3 Å². The first-order chi connectivity index (χ1) is 12.2. The van der Waals surface area contributed by atoms with Crippen molar-refractivity contribution in [3.05, 3.63) is 83.0 Å². The van der Waals surface area contributed by atoms with Gasteiger partial charge in [-0.2, -0.15) is 5.10 Å². The fraction of sp³-hybridized carbons (Fsp3) is 0.100. The Bertz CT molecular complexity index is 968. The standard InChI is InChI=1S/C20H19N3OS/c1-3-13-21-20-23(18(14-25-20)16-9-5-4-6-10-16)22-15(2)17-11-7-8-12-19(17)24/h3-12,14,24H,1,13H2,2H3. The summed E-state index contributed by atoms with van der Waals surface area (Å²) < 4.78 is 1.82. The van der Waals surface area contributed by atoms with Crippen LogP contribution in [0.15, 0.2) is 82.7 Å². The monoisotopic (exact) mass is 349 g/mol. The Balaban J connectivity index is 2.16. The predicted molar refractivity (Wildman–Crippen MR) is 104 cm³/mol. The summed E-state index contributed by atoms with van der Waals surface area (Å²) >= 11 is 1.53. The zero-order valence-corrected chi connectivity index (χ0v) is 14.8. The Hall–Kier alpha value is -2.92. The van der Waals surface area contributed by atoms with Gasteiger partial charge in [-0.3, -0.25) is 4.99 Å². The van der Waals surface area contributed by atoms with Crippen LogP contribution in [-0.4, -0.2) is 22.0 Å². The lowest BCUT2D eigenvalue weighted by molar-refractivity contribution is 0.474. The van der Waals surface area contributed by atoms with Gasteiger partial charge >= 0.3 is 0 Å². The quantitative estimate of drug-likeness (QED) is 0.542. The van der Waals surface area contributed by atoms with Crippen LogP contribution in [0.5, 0.6) is 5.75 Å². The summed E-state index contributed by atoms with van der Waals surface area (Å²) in [6.07, 6.45) is 1.76. The number of benzene rings is 2. The molecule has 3 aromatic rings. The van der Waals surface area contributed by atoms with Gasteiger partial charge in [-0.15, -0.1) is 17.9 Å². The molecule has 0 saturated carbocycles. The van der Waals surface area contributed by atoms with Crippen molar-refractivity contribution in [2.75, 3.05) is 6.54 Å². The van der Waals surface area contributed by atoms with E-state index >= 15 is 0 Å². The highest BCUT2D eigenvalue weighted by molar-refractivity contribution is 7.07. The average Bonchev–Trinajstić information content (AvgIpc) is 3.03. The van der Waals surface area contributed by atoms with Gasteiger partial charge in [-0.1, -0.05) is 48.5 Å². The molecule has 0 aliphatic carbocycles. The number of rotatable bonds is 5. The molecular weight excluding hydrogens is 330 g/mol. The molecule has 0 aliphatic rings. The minimum Gasteiger partial charge on any atom is -0.507 e. The zero-order chi connectivity index (χ0) is 17.6. The number of para-hydroxylation sites is 1. The summed E-state index contributed by atoms with van der Waals surface area (Å²) in [6.45, 7) is 6.13. The smallest absolute Gasteiger partial charge is 0.206 e. The molecule has 2 aromatic carbocycles. The van der Waals surface area contributed by atoms with Crippen LogP contribution in [0.4, 0.5) is 0 Å². The first-order valence-corrected chi connectivity index (χ1v) is 8.80. The number of aromatic nitrogens is 1. The largest absolute Gasteiger partial charge is 0.507 e. The van der Waals surface area contributed by atoms with Crippen molar-refractivity contribution in [3.63, 3.8) is 0 Å². The Kier molecular flexibility index (Phi) is 5.26. The first-order valence-electron chi connectivity index (χ1n) is 7.92. The number of hydrogen-bond acceptors (Lipinski definition) is 4. The molecule has 126 valence electrons. The van der Waals surface area contributed by atoms with Crippen LogP contribution in [0.1, 0.15) is 12.5 Å². The normalized spacial score (nSPS) is 12.4. The van der Waals surface area contributed by atoms with Crippen molar-refractivity contribution in [1.29, 1.82) is 0 Å². The molecule has 25 heavy (non-hydrogen) atoms. The van der Waals surface area contributed by atoms with Gasteiger partial charge in [-0.05, 0) is 19.1 Å². The molecule has 0 fully saturated rings. The number of phenolic OH excluding ortho intramolecular Hbond substituents is 1. The SMILES string of the molecule is C=CCN=c1scc(-c2ccccc2)n1N=C(C)c1ccccc1O. The van der Waals surface area contributed by atoms with E-state index in [0.29, 0.717) is 17.8 Å². The van der Waals surface area contributed by atoms with Crippen LogP contribution < -0.4 is 4.80 Å². The first kappa shape index (κ1) is 16.9. The molecule has 1 aromatic heterocycles. The third kappa shape index (κ3) is 3.78. The van der Waals surface area contributed by atoms with Crippen LogP contribution in [-0.2, 0) is 0 Å². The van der Waals surface area contributed by atoms with Crippen molar-refractivity contribution >= 4 is 17.0 Å². The summed E-state index contributed by atoms with van der Waals surface area (Å²) in [5, 5.41) is 16.9. The van der Waals surface area contributed by atoms with E-state index in [1.54, 1.807) is 18.2 Å². The molecule has 0 unspecified atom stereocenters. The van der Waals surface area contributed by atoms with E-state index in [1.807, 2.05) is 59.4 Å². The molecule has 0 spiro atoms. The van der Waals surface area contributed by atoms with Crippen molar-refractivity contribution in [2.24, 2.45) is 10.1 Å². The molecule has 1 N–H and O–H groups in total. The lowest BCUT2D eigenvalue weighted by Crippen LogP contribution is -2.14. The number of nitrogens with zero attached hydrogens (tertiary/aromatic N) is 3. The minimum atomic E-state index is 0.213. The van der Waals surface area contributed by atoms with Gasteiger partial charge in [0.25, 0.3) is 0 Å². The Morgan fingerprint density at radius 1 is 1.16 bits per heavy atom. The van der Waals surface area contributed by atoms with Crippen LogP contribution >= 0.6 is 11.3 Å². The second-order valence-electron chi connectivity index (χ2n) is 5.41. The minimum absolute atomic E-state index is 0.213. The van der Waals surface area contributed by atoms with E-state index in [9.17, 15) is 5.11 Å². The molecule has 0 amide bonds. The molecule has 0 radical (unpaired) electrons. The van der Waals surface area contributed by atoms with Gasteiger partial charge < -0.3 is 5.11 Å². The lowest BCUT2D eigenvalue weighted by atomic mass is 10.1. The fourth-order valence-electron chi connectivity index (χ4n) is 2.44. The summed E-state index contributed by atoms with van der Waals surface area (Å²) in [7, 11) is 0.